The number of nitrogen functional groups attached to an aromatic ring is 1. The predicted molar refractivity (Wildman–Crippen MR) is 97.3 cm³/mol. The van der Waals surface area contributed by atoms with Crippen LogP contribution in [0.15, 0.2) is 35.1 Å². The molecule has 0 fully saturated rings. The van der Waals surface area contributed by atoms with Gasteiger partial charge in [-0.1, -0.05) is 29.3 Å². The minimum Gasteiger partial charge on any atom is -0.497 e. The summed E-state index contributed by atoms with van der Waals surface area (Å²) in [5, 5.41) is 0.332. The Morgan fingerprint density at radius 3 is 2.35 bits per heavy atom. The third-order valence-corrected chi connectivity index (χ3v) is 4.76. The number of benzene rings is 2. The molecular weight excluding hydrogens is 387 g/mol. The average Bonchev–Trinajstić information content (AvgIpc) is 2.80. The SMILES string of the molecule is COc1cc(F)c(-c2c(N)c(=O)n(-c3cccc(Cl)c3Cl)n2C)c(F)c1. The number of aromatic nitrogens is 2. The molecule has 136 valence electrons. The van der Waals surface area contributed by atoms with Crippen LogP contribution in [0.25, 0.3) is 16.9 Å². The zero-order chi connectivity index (χ0) is 19.2. The second-order valence-electron chi connectivity index (χ2n) is 5.44. The molecule has 0 saturated carbocycles. The van der Waals surface area contributed by atoms with Crippen molar-refractivity contribution in [3.05, 3.63) is 62.4 Å². The molecule has 0 aliphatic carbocycles. The van der Waals surface area contributed by atoms with Gasteiger partial charge in [0.05, 0.1) is 34.1 Å². The summed E-state index contributed by atoms with van der Waals surface area (Å²) in [6.45, 7) is 0. The normalized spacial score (nSPS) is 11.0. The van der Waals surface area contributed by atoms with Crippen LogP contribution in [0.1, 0.15) is 0 Å². The molecule has 0 aliphatic rings. The number of nitrogens with two attached hydrogens (primary N) is 1. The van der Waals surface area contributed by atoms with E-state index in [9.17, 15) is 13.6 Å². The molecular formula is C17H13Cl2F2N3O2. The molecule has 0 radical (unpaired) electrons. The Labute approximate surface area is 157 Å². The van der Waals surface area contributed by atoms with Gasteiger partial charge in [0.1, 0.15) is 23.1 Å². The van der Waals surface area contributed by atoms with E-state index in [2.05, 4.69) is 0 Å². The Morgan fingerprint density at radius 1 is 1.15 bits per heavy atom. The van der Waals surface area contributed by atoms with Crippen LogP contribution in [-0.2, 0) is 7.05 Å². The molecule has 0 bridgehead atoms. The smallest absolute Gasteiger partial charge is 0.295 e. The Hall–Kier alpha value is -2.51. The van der Waals surface area contributed by atoms with Crippen molar-refractivity contribution in [2.75, 3.05) is 12.8 Å². The van der Waals surface area contributed by atoms with Crippen LogP contribution in [0.4, 0.5) is 14.5 Å². The molecule has 0 atom stereocenters. The maximum atomic E-state index is 14.5. The molecule has 0 aliphatic heterocycles. The van der Waals surface area contributed by atoms with Gasteiger partial charge in [0.25, 0.3) is 5.56 Å². The average molecular weight is 400 g/mol. The highest BCUT2D eigenvalue weighted by atomic mass is 35.5. The van der Waals surface area contributed by atoms with E-state index in [1.165, 1.54) is 18.8 Å². The predicted octanol–water partition coefficient (Wildman–Crippen LogP) is 4.02. The Kier molecular flexibility index (Phi) is 4.68. The van der Waals surface area contributed by atoms with Gasteiger partial charge in [-0.05, 0) is 12.1 Å². The molecule has 26 heavy (non-hydrogen) atoms. The molecule has 0 unspecified atom stereocenters. The highest BCUT2D eigenvalue weighted by molar-refractivity contribution is 6.43. The quantitative estimate of drug-likeness (QED) is 0.723. The van der Waals surface area contributed by atoms with E-state index < -0.39 is 22.8 Å². The molecule has 0 saturated heterocycles. The zero-order valence-electron chi connectivity index (χ0n) is 13.7. The molecule has 1 heterocycles. The zero-order valence-corrected chi connectivity index (χ0v) is 15.2. The summed E-state index contributed by atoms with van der Waals surface area (Å²) in [7, 11) is 2.73. The van der Waals surface area contributed by atoms with Crippen LogP contribution in [-0.4, -0.2) is 16.5 Å². The number of nitrogens with zero attached hydrogens (tertiary/aromatic N) is 2. The van der Waals surface area contributed by atoms with Crippen LogP contribution >= 0.6 is 23.2 Å². The van der Waals surface area contributed by atoms with Crippen molar-refractivity contribution in [2.45, 2.75) is 0 Å². The summed E-state index contributed by atoms with van der Waals surface area (Å²) in [4.78, 5) is 12.6. The van der Waals surface area contributed by atoms with Gasteiger partial charge in [0, 0.05) is 19.2 Å². The summed E-state index contributed by atoms with van der Waals surface area (Å²) in [6.07, 6.45) is 0. The first-order chi connectivity index (χ1) is 12.3. The van der Waals surface area contributed by atoms with Gasteiger partial charge in [-0.25, -0.2) is 13.5 Å². The minimum atomic E-state index is -0.918. The minimum absolute atomic E-state index is 0.00430. The fraction of sp³-hybridized carbons (Fsp3) is 0.118. The highest BCUT2D eigenvalue weighted by Gasteiger charge is 2.25. The summed E-state index contributed by atoms with van der Waals surface area (Å²) >= 11 is 12.2. The number of methoxy groups -OCH3 is 1. The molecule has 2 N–H and O–H groups in total. The van der Waals surface area contributed by atoms with Crippen LogP contribution < -0.4 is 16.0 Å². The van der Waals surface area contributed by atoms with Gasteiger partial charge in [-0.2, -0.15) is 0 Å². The Balaban J connectivity index is 2.34. The first-order valence-electron chi connectivity index (χ1n) is 7.33. The van der Waals surface area contributed by atoms with E-state index in [1.54, 1.807) is 18.2 Å². The molecule has 5 nitrogen and oxygen atoms in total. The van der Waals surface area contributed by atoms with Crippen molar-refractivity contribution in [1.29, 1.82) is 0 Å². The second kappa shape index (κ2) is 6.66. The fourth-order valence-corrected chi connectivity index (χ4v) is 3.12. The lowest BCUT2D eigenvalue weighted by molar-refractivity contribution is 0.407. The molecule has 3 aromatic rings. The monoisotopic (exact) mass is 399 g/mol. The van der Waals surface area contributed by atoms with Crippen molar-refractivity contribution in [1.82, 2.24) is 9.36 Å². The van der Waals surface area contributed by atoms with E-state index in [4.69, 9.17) is 33.7 Å². The largest absolute Gasteiger partial charge is 0.497 e. The van der Waals surface area contributed by atoms with Crippen LogP contribution in [0.3, 0.4) is 0 Å². The van der Waals surface area contributed by atoms with Crippen molar-refractivity contribution in [3.63, 3.8) is 0 Å². The first kappa shape index (κ1) is 18.3. The van der Waals surface area contributed by atoms with E-state index in [0.29, 0.717) is 0 Å². The standard InChI is InChI=1S/C17H13Cl2F2N3O2/c1-23-16(13-10(20)6-8(26-2)7-11(13)21)15(22)17(25)24(23)12-5-3-4-9(18)14(12)19/h3-7H,22H2,1-2H3. The van der Waals surface area contributed by atoms with Crippen LogP contribution in [0, 0.1) is 11.6 Å². The Morgan fingerprint density at radius 2 is 1.77 bits per heavy atom. The number of hydrogen-bond acceptors (Lipinski definition) is 3. The second-order valence-corrected chi connectivity index (χ2v) is 6.23. The van der Waals surface area contributed by atoms with Crippen molar-refractivity contribution in [3.8, 4) is 22.7 Å². The lowest BCUT2D eigenvalue weighted by Crippen LogP contribution is -2.21. The number of halogens is 4. The number of hydrogen-bond donors (Lipinski definition) is 1. The van der Waals surface area contributed by atoms with E-state index >= 15 is 0 Å². The van der Waals surface area contributed by atoms with Crippen molar-refractivity contribution >= 4 is 28.9 Å². The highest BCUT2D eigenvalue weighted by Crippen LogP contribution is 2.34. The lowest BCUT2D eigenvalue weighted by atomic mass is 10.1. The summed E-state index contributed by atoms with van der Waals surface area (Å²) in [5.74, 6) is -1.83. The van der Waals surface area contributed by atoms with Gasteiger partial charge in [-0.15, -0.1) is 0 Å². The number of anilines is 1. The maximum Gasteiger partial charge on any atom is 0.295 e. The van der Waals surface area contributed by atoms with Crippen molar-refractivity contribution < 1.29 is 13.5 Å². The summed E-state index contributed by atoms with van der Waals surface area (Å²) < 4.78 is 36.1. The van der Waals surface area contributed by atoms with Gasteiger partial charge in [0.2, 0.25) is 0 Å². The molecule has 3 rings (SSSR count). The topological polar surface area (TPSA) is 62.2 Å². The number of ether oxygens (including phenoxy) is 1. The van der Waals surface area contributed by atoms with Crippen LogP contribution in [0.5, 0.6) is 5.75 Å². The van der Waals surface area contributed by atoms with E-state index in [-0.39, 0.29) is 32.9 Å². The third kappa shape index (κ3) is 2.73. The molecule has 9 heteroatoms. The fourth-order valence-electron chi connectivity index (χ4n) is 2.74. The molecule has 2 aromatic carbocycles. The summed E-state index contributed by atoms with van der Waals surface area (Å²) in [5.41, 5.74) is 4.54. The Bertz CT molecular complexity index is 1050. The van der Waals surface area contributed by atoms with Gasteiger partial charge in [0.15, 0.2) is 0 Å². The molecule has 0 amide bonds. The van der Waals surface area contributed by atoms with E-state index in [1.807, 2.05) is 0 Å². The third-order valence-electron chi connectivity index (χ3n) is 3.95. The first-order valence-corrected chi connectivity index (χ1v) is 8.08. The summed E-state index contributed by atoms with van der Waals surface area (Å²) in [6, 6.07) is 6.69. The lowest BCUT2D eigenvalue weighted by Gasteiger charge is -2.13. The van der Waals surface area contributed by atoms with E-state index in [0.717, 1.165) is 16.8 Å². The molecule has 0 spiro atoms. The van der Waals surface area contributed by atoms with Crippen molar-refractivity contribution in [2.24, 2.45) is 7.05 Å². The molecule has 1 aromatic heterocycles. The van der Waals surface area contributed by atoms with Gasteiger partial charge < -0.3 is 10.5 Å². The maximum absolute atomic E-state index is 14.5. The van der Waals surface area contributed by atoms with Gasteiger partial charge >= 0.3 is 0 Å². The van der Waals surface area contributed by atoms with Gasteiger partial charge in [-0.3, -0.25) is 9.48 Å². The van der Waals surface area contributed by atoms with Crippen LogP contribution in [0.2, 0.25) is 10.0 Å². The number of rotatable bonds is 3.